The summed E-state index contributed by atoms with van der Waals surface area (Å²) in [5, 5.41) is 15.2. The van der Waals surface area contributed by atoms with Crippen molar-refractivity contribution in [1.82, 2.24) is 9.97 Å². The molecule has 1 N–H and O–H groups in total. The average Bonchev–Trinajstić information content (AvgIpc) is 3.17. The van der Waals surface area contributed by atoms with Gasteiger partial charge in [-0.3, -0.25) is 4.79 Å². The van der Waals surface area contributed by atoms with Crippen LogP contribution in [0.3, 0.4) is 0 Å². The maximum Gasteiger partial charge on any atom is 0.226 e. The summed E-state index contributed by atoms with van der Waals surface area (Å²) in [4.78, 5) is 20.4. The fourth-order valence-electron chi connectivity index (χ4n) is 2.35. The number of hydrogen-bond donors (Lipinski definition) is 1. The van der Waals surface area contributed by atoms with Crippen LogP contribution in [0.5, 0.6) is 0 Å². The van der Waals surface area contributed by atoms with E-state index in [0.717, 1.165) is 30.0 Å². The molecule has 2 aromatic heterocycles. The van der Waals surface area contributed by atoms with E-state index in [1.54, 1.807) is 6.20 Å². The molecule has 7 heteroatoms. The van der Waals surface area contributed by atoms with Gasteiger partial charge in [0.1, 0.15) is 11.1 Å². The van der Waals surface area contributed by atoms with E-state index < -0.39 is 0 Å². The molecule has 2 aromatic rings. The summed E-state index contributed by atoms with van der Waals surface area (Å²) in [6.45, 7) is 0. The number of aromatic nitrogens is 2. The van der Waals surface area contributed by atoms with Crippen molar-refractivity contribution < 1.29 is 4.79 Å². The van der Waals surface area contributed by atoms with Gasteiger partial charge in [0.15, 0.2) is 5.13 Å². The molecule has 0 spiro atoms. The van der Waals surface area contributed by atoms with Gasteiger partial charge in [-0.15, -0.1) is 23.1 Å². The van der Waals surface area contributed by atoms with Gasteiger partial charge < -0.3 is 5.32 Å². The van der Waals surface area contributed by atoms with E-state index in [2.05, 4.69) is 21.4 Å². The van der Waals surface area contributed by atoms with Gasteiger partial charge in [-0.1, -0.05) is 0 Å². The largest absolute Gasteiger partial charge is 0.302 e. The number of nitrogens with one attached hydrogen (secondary N) is 1. The van der Waals surface area contributed by atoms with E-state index in [4.69, 9.17) is 0 Å². The minimum atomic E-state index is -0.0675. The number of rotatable bonds is 5. The van der Waals surface area contributed by atoms with Gasteiger partial charge in [0, 0.05) is 29.4 Å². The fourth-order valence-corrected chi connectivity index (χ4v) is 3.81. The summed E-state index contributed by atoms with van der Waals surface area (Å²) >= 11 is 2.86. The summed E-state index contributed by atoms with van der Waals surface area (Å²) in [6.07, 6.45) is 5.13. The minimum absolute atomic E-state index is 0.0675. The SMILES string of the molecule is N#Cc1cc2c(nc1SCCC(=O)Nc1nccs1)CCC2. The van der Waals surface area contributed by atoms with E-state index in [1.807, 2.05) is 11.4 Å². The number of hydrogen-bond acceptors (Lipinski definition) is 6. The molecule has 0 atom stereocenters. The molecular weight excluding hydrogens is 316 g/mol. The standard InChI is InChI=1S/C15H14N4OS2/c16-9-11-8-10-2-1-3-12(10)18-14(11)21-6-4-13(20)19-15-17-5-7-22-15/h5,7-8H,1-4,6H2,(H,17,19,20). The molecule has 1 aliphatic rings. The molecule has 0 unspecified atom stereocenters. The van der Waals surface area contributed by atoms with Crippen molar-refractivity contribution in [3.63, 3.8) is 0 Å². The summed E-state index contributed by atoms with van der Waals surface area (Å²) < 4.78 is 0. The Hall–Kier alpha value is -1.91. The molecule has 0 bridgehead atoms. The summed E-state index contributed by atoms with van der Waals surface area (Å²) in [7, 11) is 0. The van der Waals surface area contributed by atoms with Crippen LogP contribution < -0.4 is 5.32 Å². The molecule has 5 nitrogen and oxygen atoms in total. The highest BCUT2D eigenvalue weighted by molar-refractivity contribution is 7.99. The third kappa shape index (κ3) is 3.46. The third-order valence-corrected chi connectivity index (χ3v) is 5.06. The highest BCUT2D eigenvalue weighted by atomic mass is 32.2. The molecular formula is C15H14N4OS2. The maximum absolute atomic E-state index is 11.8. The molecule has 2 heterocycles. The smallest absolute Gasteiger partial charge is 0.226 e. The number of aryl methyl sites for hydroxylation is 2. The van der Waals surface area contributed by atoms with Crippen LogP contribution in [-0.2, 0) is 17.6 Å². The number of amides is 1. The molecule has 22 heavy (non-hydrogen) atoms. The maximum atomic E-state index is 11.8. The monoisotopic (exact) mass is 330 g/mol. The van der Waals surface area contributed by atoms with E-state index in [9.17, 15) is 10.1 Å². The Balaban J connectivity index is 1.57. The van der Waals surface area contributed by atoms with Crippen molar-refractivity contribution in [2.75, 3.05) is 11.1 Å². The van der Waals surface area contributed by atoms with Gasteiger partial charge in [-0.05, 0) is 30.9 Å². The molecule has 0 radical (unpaired) electrons. The summed E-state index contributed by atoms with van der Waals surface area (Å²) in [5.41, 5.74) is 2.92. The second-order valence-corrected chi connectivity index (χ2v) is 6.87. The lowest BCUT2D eigenvalue weighted by atomic mass is 10.2. The van der Waals surface area contributed by atoms with E-state index in [0.29, 0.717) is 22.9 Å². The van der Waals surface area contributed by atoms with Crippen molar-refractivity contribution in [2.45, 2.75) is 30.7 Å². The molecule has 0 saturated carbocycles. The van der Waals surface area contributed by atoms with Crippen molar-refractivity contribution in [2.24, 2.45) is 0 Å². The first-order valence-corrected chi connectivity index (χ1v) is 8.88. The second-order valence-electron chi connectivity index (χ2n) is 4.90. The fraction of sp³-hybridized carbons (Fsp3) is 0.333. The van der Waals surface area contributed by atoms with Gasteiger partial charge in [-0.25, -0.2) is 9.97 Å². The number of pyridine rings is 1. The van der Waals surface area contributed by atoms with Crippen LogP contribution in [0.4, 0.5) is 5.13 Å². The Labute approximate surface area is 136 Å². The zero-order valence-corrected chi connectivity index (χ0v) is 13.5. The average molecular weight is 330 g/mol. The molecule has 0 aromatic carbocycles. The normalized spacial score (nSPS) is 12.7. The van der Waals surface area contributed by atoms with Crippen molar-refractivity contribution in [1.29, 1.82) is 5.26 Å². The molecule has 1 amide bonds. The zero-order chi connectivity index (χ0) is 15.4. The van der Waals surface area contributed by atoms with E-state index in [-0.39, 0.29) is 5.91 Å². The van der Waals surface area contributed by atoms with E-state index in [1.165, 1.54) is 28.7 Å². The number of carbonyl (C=O) groups is 1. The summed E-state index contributed by atoms with van der Waals surface area (Å²) in [5.74, 6) is 0.527. The highest BCUT2D eigenvalue weighted by Crippen LogP contribution is 2.28. The van der Waals surface area contributed by atoms with Crippen LogP contribution in [0.1, 0.15) is 29.7 Å². The van der Waals surface area contributed by atoms with Gasteiger partial charge in [0.05, 0.1) is 5.56 Å². The minimum Gasteiger partial charge on any atom is -0.302 e. The number of nitrogens with zero attached hydrogens (tertiary/aromatic N) is 3. The summed E-state index contributed by atoms with van der Waals surface area (Å²) in [6, 6.07) is 4.16. The number of nitriles is 1. The molecule has 0 aliphatic heterocycles. The Morgan fingerprint density at radius 1 is 1.50 bits per heavy atom. The number of thioether (sulfide) groups is 1. The van der Waals surface area contributed by atoms with Crippen LogP contribution >= 0.6 is 23.1 Å². The topological polar surface area (TPSA) is 78.7 Å². The molecule has 1 aliphatic carbocycles. The Morgan fingerprint density at radius 3 is 3.18 bits per heavy atom. The quantitative estimate of drug-likeness (QED) is 0.853. The van der Waals surface area contributed by atoms with Gasteiger partial charge in [-0.2, -0.15) is 5.26 Å². The predicted molar refractivity (Wildman–Crippen MR) is 87.1 cm³/mol. The Morgan fingerprint density at radius 2 is 2.41 bits per heavy atom. The lowest BCUT2D eigenvalue weighted by Crippen LogP contribution is -2.12. The molecule has 0 saturated heterocycles. The second kappa shape index (κ2) is 6.90. The van der Waals surface area contributed by atoms with Gasteiger partial charge >= 0.3 is 0 Å². The first kappa shape index (κ1) is 15.0. The number of fused-ring (bicyclic) bond motifs is 1. The van der Waals surface area contributed by atoms with Gasteiger partial charge in [0.2, 0.25) is 5.91 Å². The van der Waals surface area contributed by atoms with Crippen LogP contribution in [0.2, 0.25) is 0 Å². The lowest BCUT2D eigenvalue weighted by Gasteiger charge is -2.06. The molecule has 112 valence electrons. The van der Waals surface area contributed by atoms with Crippen LogP contribution in [0.25, 0.3) is 0 Å². The van der Waals surface area contributed by atoms with Crippen molar-refractivity contribution in [3.8, 4) is 6.07 Å². The Bertz CT molecular complexity index is 722. The third-order valence-electron chi connectivity index (χ3n) is 3.38. The first-order valence-electron chi connectivity index (χ1n) is 7.01. The van der Waals surface area contributed by atoms with Gasteiger partial charge in [0.25, 0.3) is 0 Å². The highest BCUT2D eigenvalue weighted by Gasteiger charge is 2.17. The van der Waals surface area contributed by atoms with Crippen molar-refractivity contribution >= 4 is 34.1 Å². The predicted octanol–water partition coefficient (Wildman–Crippen LogP) is 3.02. The first-order chi connectivity index (χ1) is 10.8. The number of thiazole rings is 1. The molecule has 0 fully saturated rings. The Kier molecular flexibility index (Phi) is 4.71. The van der Waals surface area contributed by atoms with Crippen LogP contribution in [0.15, 0.2) is 22.7 Å². The number of anilines is 1. The number of carbonyl (C=O) groups excluding carboxylic acids is 1. The van der Waals surface area contributed by atoms with Crippen molar-refractivity contribution in [3.05, 3.63) is 34.5 Å². The zero-order valence-electron chi connectivity index (χ0n) is 11.8. The van der Waals surface area contributed by atoms with Crippen LogP contribution in [-0.4, -0.2) is 21.6 Å². The molecule has 3 rings (SSSR count). The lowest BCUT2D eigenvalue weighted by molar-refractivity contribution is -0.115. The van der Waals surface area contributed by atoms with Crippen LogP contribution in [0, 0.1) is 11.3 Å². The van der Waals surface area contributed by atoms with E-state index >= 15 is 0 Å².